The zero-order chi connectivity index (χ0) is 23.2. The Morgan fingerprint density at radius 3 is 2.38 bits per heavy atom. The van der Waals surface area contributed by atoms with Gasteiger partial charge in [0.15, 0.2) is 0 Å². The van der Waals surface area contributed by atoms with Gasteiger partial charge in [-0.05, 0) is 37.5 Å². The Labute approximate surface area is 189 Å². The number of amides is 1. The average Bonchev–Trinajstić information content (AvgIpc) is 2.83. The number of carbonyl (C=O) groups excluding carboxylic acids is 1. The fraction of sp³-hybridized carbons (Fsp3) is 0.435. The molecule has 0 saturated carbocycles. The number of ether oxygens (including phenoxy) is 1. The molecule has 1 saturated heterocycles. The second-order valence-corrected chi connectivity index (χ2v) is 9.84. The molecular formula is C23H31N3O5S. The third-order valence-corrected chi connectivity index (χ3v) is 7.71. The number of para-hydroxylation sites is 1. The fourth-order valence-electron chi connectivity index (χ4n) is 4.06. The van der Waals surface area contributed by atoms with E-state index in [2.05, 4.69) is 10.0 Å². The molecule has 1 aliphatic heterocycles. The van der Waals surface area contributed by atoms with Crippen LogP contribution in [0.15, 0.2) is 54.6 Å². The zero-order valence-electron chi connectivity index (χ0n) is 18.5. The summed E-state index contributed by atoms with van der Waals surface area (Å²) in [5.74, 6) is 0.273. The molecule has 1 heterocycles. The maximum atomic E-state index is 12.9. The number of piperidine rings is 1. The van der Waals surface area contributed by atoms with Crippen LogP contribution in [0.5, 0.6) is 5.75 Å². The minimum Gasteiger partial charge on any atom is -0.496 e. The molecule has 1 aliphatic rings. The van der Waals surface area contributed by atoms with Gasteiger partial charge in [-0.3, -0.25) is 4.79 Å². The summed E-state index contributed by atoms with van der Waals surface area (Å²) in [7, 11) is -2.16. The molecule has 174 valence electrons. The second kappa shape index (κ2) is 10.4. The van der Waals surface area contributed by atoms with Crippen LogP contribution in [0.4, 0.5) is 0 Å². The summed E-state index contributed by atoms with van der Waals surface area (Å²) in [6, 6.07) is 16.4. The molecule has 1 atom stereocenters. The Balaban J connectivity index is 1.77. The van der Waals surface area contributed by atoms with E-state index < -0.39 is 21.7 Å². The van der Waals surface area contributed by atoms with Crippen LogP contribution in [0.1, 0.15) is 35.7 Å². The number of nitrogens with one attached hydrogen (secondary N) is 2. The summed E-state index contributed by atoms with van der Waals surface area (Å²) in [6.07, 6.45) is 1.11. The lowest BCUT2D eigenvalue weighted by atomic mass is 9.73. The molecule has 2 aromatic carbocycles. The molecule has 9 heteroatoms. The smallest absolute Gasteiger partial charge is 0.279 e. The zero-order valence-corrected chi connectivity index (χ0v) is 19.3. The first-order valence-electron chi connectivity index (χ1n) is 10.7. The molecule has 0 spiro atoms. The molecule has 3 rings (SSSR count). The summed E-state index contributed by atoms with van der Waals surface area (Å²) in [5, 5.41) is 12.2. The van der Waals surface area contributed by atoms with Crippen LogP contribution < -0.4 is 14.8 Å². The number of aliphatic hydroxyl groups is 1. The standard InChI is InChI=1S/C23H31N3O5S/c1-18(16-27)25-32(29,30)26-14-12-23(13-15-26,19-8-4-3-5-9-19)17-24-22(28)20-10-6-7-11-21(20)31-2/h3-11,18,25,27H,12-17H2,1-2H3,(H,24,28)/t18-/m0/s1. The van der Waals surface area contributed by atoms with Crippen molar-refractivity contribution in [1.82, 2.24) is 14.3 Å². The van der Waals surface area contributed by atoms with Gasteiger partial charge in [-0.2, -0.15) is 17.4 Å². The van der Waals surface area contributed by atoms with Crippen LogP contribution in [-0.4, -0.2) is 63.1 Å². The van der Waals surface area contributed by atoms with Gasteiger partial charge in [0.05, 0.1) is 19.3 Å². The minimum absolute atomic E-state index is 0.230. The lowest BCUT2D eigenvalue weighted by Crippen LogP contribution is -2.53. The van der Waals surface area contributed by atoms with E-state index in [-0.39, 0.29) is 12.5 Å². The highest BCUT2D eigenvalue weighted by atomic mass is 32.2. The molecule has 0 aliphatic carbocycles. The highest BCUT2D eigenvalue weighted by Gasteiger charge is 2.40. The van der Waals surface area contributed by atoms with Crippen LogP contribution >= 0.6 is 0 Å². The number of hydrogen-bond donors (Lipinski definition) is 3. The minimum atomic E-state index is -3.69. The molecule has 0 bridgehead atoms. The van der Waals surface area contributed by atoms with Crippen LogP contribution in [0.25, 0.3) is 0 Å². The molecule has 0 radical (unpaired) electrons. The summed E-state index contributed by atoms with van der Waals surface area (Å²) in [6.45, 7) is 2.35. The van der Waals surface area contributed by atoms with E-state index in [9.17, 15) is 18.3 Å². The quantitative estimate of drug-likeness (QED) is 0.527. The van der Waals surface area contributed by atoms with Crippen LogP contribution in [0.3, 0.4) is 0 Å². The third kappa shape index (κ3) is 5.47. The van der Waals surface area contributed by atoms with E-state index in [1.807, 2.05) is 36.4 Å². The first kappa shape index (κ1) is 24.2. The Morgan fingerprint density at radius 2 is 1.75 bits per heavy atom. The van der Waals surface area contributed by atoms with E-state index in [0.29, 0.717) is 43.8 Å². The summed E-state index contributed by atoms with van der Waals surface area (Å²) in [4.78, 5) is 12.9. The summed E-state index contributed by atoms with van der Waals surface area (Å²) >= 11 is 0. The summed E-state index contributed by atoms with van der Waals surface area (Å²) in [5.41, 5.74) is 1.13. The van der Waals surface area contributed by atoms with Crippen molar-refractivity contribution in [2.75, 3.05) is 33.4 Å². The SMILES string of the molecule is COc1ccccc1C(=O)NCC1(c2ccccc2)CCN(S(=O)(=O)N[C@@H](C)CO)CC1. The monoisotopic (exact) mass is 461 g/mol. The molecule has 32 heavy (non-hydrogen) atoms. The van der Waals surface area contributed by atoms with Gasteiger partial charge in [-0.1, -0.05) is 42.5 Å². The second-order valence-electron chi connectivity index (χ2n) is 8.13. The van der Waals surface area contributed by atoms with Crippen LogP contribution in [0.2, 0.25) is 0 Å². The Kier molecular flexibility index (Phi) is 7.89. The maximum Gasteiger partial charge on any atom is 0.279 e. The van der Waals surface area contributed by atoms with E-state index in [4.69, 9.17) is 4.74 Å². The van der Waals surface area contributed by atoms with E-state index >= 15 is 0 Å². The molecule has 0 aromatic heterocycles. The highest BCUT2D eigenvalue weighted by molar-refractivity contribution is 7.87. The number of methoxy groups -OCH3 is 1. The van der Waals surface area contributed by atoms with Gasteiger partial charge >= 0.3 is 0 Å². The lowest BCUT2D eigenvalue weighted by Gasteiger charge is -2.42. The molecule has 0 unspecified atom stereocenters. The Bertz CT molecular complexity index is 1010. The Morgan fingerprint density at radius 1 is 1.12 bits per heavy atom. The van der Waals surface area contributed by atoms with E-state index in [1.54, 1.807) is 25.1 Å². The molecular weight excluding hydrogens is 430 g/mol. The molecule has 1 amide bonds. The van der Waals surface area contributed by atoms with E-state index in [0.717, 1.165) is 5.56 Å². The lowest BCUT2D eigenvalue weighted by molar-refractivity contribution is 0.0929. The number of carbonyl (C=O) groups is 1. The molecule has 2 aromatic rings. The highest BCUT2D eigenvalue weighted by Crippen LogP contribution is 2.36. The third-order valence-electron chi connectivity index (χ3n) is 5.97. The molecule has 1 fully saturated rings. The maximum absolute atomic E-state index is 12.9. The van der Waals surface area contributed by atoms with Crippen molar-refractivity contribution in [3.05, 3.63) is 65.7 Å². The first-order valence-corrected chi connectivity index (χ1v) is 12.1. The van der Waals surface area contributed by atoms with Gasteiger partial charge in [0.25, 0.3) is 16.1 Å². The number of rotatable bonds is 9. The normalized spacial score (nSPS) is 17.5. The average molecular weight is 462 g/mol. The van der Waals surface area contributed by atoms with Gasteiger partial charge in [-0.25, -0.2) is 0 Å². The number of hydrogen-bond acceptors (Lipinski definition) is 5. The predicted molar refractivity (Wildman–Crippen MR) is 123 cm³/mol. The van der Waals surface area contributed by atoms with Crippen molar-refractivity contribution >= 4 is 16.1 Å². The summed E-state index contributed by atoms with van der Waals surface area (Å²) < 4.78 is 34.5. The van der Waals surface area contributed by atoms with Gasteiger partial charge in [0.2, 0.25) is 0 Å². The van der Waals surface area contributed by atoms with Crippen molar-refractivity contribution in [3.8, 4) is 5.75 Å². The van der Waals surface area contributed by atoms with Crippen molar-refractivity contribution in [1.29, 1.82) is 0 Å². The number of benzene rings is 2. The van der Waals surface area contributed by atoms with Crippen LogP contribution in [-0.2, 0) is 15.6 Å². The van der Waals surface area contributed by atoms with Crippen molar-refractivity contribution in [3.63, 3.8) is 0 Å². The van der Waals surface area contributed by atoms with E-state index in [1.165, 1.54) is 11.4 Å². The van der Waals surface area contributed by atoms with Crippen molar-refractivity contribution in [2.45, 2.75) is 31.2 Å². The largest absolute Gasteiger partial charge is 0.496 e. The van der Waals surface area contributed by atoms with Crippen molar-refractivity contribution in [2.24, 2.45) is 0 Å². The van der Waals surface area contributed by atoms with Gasteiger partial charge in [-0.15, -0.1) is 0 Å². The first-order chi connectivity index (χ1) is 15.3. The number of aliphatic hydroxyl groups excluding tert-OH is 1. The molecule has 3 N–H and O–H groups in total. The molecule has 8 nitrogen and oxygen atoms in total. The van der Waals surface area contributed by atoms with Gasteiger partial charge in [0, 0.05) is 31.1 Å². The van der Waals surface area contributed by atoms with Crippen LogP contribution in [0, 0.1) is 0 Å². The van der Waals surface area contributed by atoms with Crippen molar-refractivity contribution < 1.29 is 23.1 Å². The predicted octanol–water partition coefficient (Wildman–Crippen LogP) is 1.67. The van der Waals surface area contributed by atoms with Gasteiger partial charge < -0.3 is 15.2 Å². The number of nitrogens with zero attached hydrogens (tertiary/aromatic N) is 1. The topological polar surface area (TPSA) is 108 Å². The Hall–Kier alpha value is -2.46. The fourth-order valence-corrected chi connectivity index (χ4v) is 5.45. The van der Waals surface area contributed by atoms with Gasteiger partial charge in [0.1, 0.15) is 5.75 Å².